The van der Waals surface area contributed by atoms with Crippen molar-refractivity contribution in [3.63, 3.8) is 0 Å². The minimum absolute atomic E-state index is 0.176. The van der Waals surface area contributed by atoms with Gasteiger partial charge >= 0.3 is 0 Å². The van der Waals surface area contributed by atoms with Gasteiger partial charge in [-0.3, -0.25) is 0 Å². The van der Waals surface area contributed by atoms with Crippen LogP contribution in [0.1, 0.15) is 17.2 Å². The summed E-state index contributed by atoms with van der Waals surface area (Å²) in [6, 6.07) is 3.48. The van der Waals surface area contributed by atoms with Gasteiger partial charge < -0.3 is 5.11 Å². The molecule has 8 heteroatoms. The van der Waals surface area contributed by atoms with Crippen molar-refractivity contribution in [2.24, 2.45) is 0 Å². The maximum Gasteiger partial charge on any atom is 0.159 e. The molecule has 0 spiro atoms. The van der Waals surface area contributed by atoms with Gasteiger partial charge in [0.1, 0.15) is 12.4 Å². The Balaban J connectivity index is 2.05. The third kappa shape index (κ3) is 3.52. The van der Waals surface area contributed by atoms with Gasteiger partial charge in [-0.15, -0.1) is 0 Å². The first-order valence-electron chi connectivity index (χ1n) is 6.94. The van der Waals surface area contributed by atoms with E-state index < -0.39 is 11.6 Å². The molecule has 0 aliphatic carbocycles. The fraction of sp³-hybridized carbons (Fsp3) is 0.125. The lowest BCUT2D eigenvalue weighted by Crippen LogP contribution is -2.04. The molecular weight excluding hydrogens is 338 g/mol. The van der Waals surface area contributed by atoms with Crippen LogP contribution in [0.4, 0.5) is 8.78 Å². The number of rotatable bonds is 4. The van der Waals surface area contributed by atoms with Crippen molar-refractivity contribution in [3.8, 4) is 11.3 Å². The van der Waals surface area contributed by atoms with Crippen molar-refractivity contribution in [3.05, 3.63) is 70.7 Å². The summed E-state index contributed by atoms with van der Waals surface area (Å²) in [5, 5.41) is 9.63. The Morgan fingerprint density at radius 3 is 2.33 bits per heavy atom. The number of aliphatic hydroxyl groups excluding tert-OH is 1. The molecule has 24 heavy (non-hydrogen) atoms. The Morgan fingerprint density at radius 2 is 1.67 bits per heavy atom. The number of benzene rings is 1. The molecule has 3 aromatic rings. The highest BCUT2D eigenvalue weighted by atomic mass is 35.5. The minimum atomic E-state index is -0.981. The molecule has 0 saturated heterocycles. The average Bonchev–Trinajstić information content (AvgIpc) is 2.60. The zero-order chi connectivity index (χ0) is 17.1. The molecule has 0 unspecified atom stereocenters. The van der Waals surface area contributed by atoms with Crippen LogP contribution in [-0.2, 0) is 13.0 Å². The lowest BCUT2D eigenvalue weighted by Gasteiger charge is -2.10. The van der Waals surface area contributed by atoms with Gasteiger partial charge in [0.05, 0.1) is 10.7 Å². The third-order valence-corrected chi connectivity index (χ3v) is 3.47. The molecule has 0 bridgehead atoms. The van der Waals surface area contributed by atoms with Gasteiger partial charge in [-0.25, -0.2) is 28.7 Å². The molecule has 0 aliphatic rings. The predicted octanol–water partition coefficient (Wildman–Crippen LogP) is 2.95. The number of halogens is 3. The number of nitrogens with zero attached hydrogens (tertiary/aromatic N) is 4. The minimum Gasteiger partial charge on any atom is -0.388 e. The number of hydrogen-bond donors (Lipinski definition) is 1. The topological polar surface area (TPSA) is 71.8 Å². The largest absolute Gasteiger partial charge is 0.388 e. The van der Waals surface area contributed by atoms with Gasteiger partial charge in [-0.1, -0.05) is 11.6 Å². The maximum absolute atomic E-state index is 13.5. The van der Waals surface area contributed by atoms with E-state index in [1.54, 1.807) is 0 Å². The number of aliphatic hydroxyl groups is 1. The lowest BCUT2D eigenvalue weighted by molar-refractivity contribution is 0.271. The summed E-state index contributed by atoms with van der Waals surface area (Å²) in [4.78, 5) is 16.4. The quantitative estimate of drug-likeness (QED) is 0.785. The van der Waals surface area contributed by atoms with Gasteiger partial charge in [0.15, 0.2) is 17.5 Å². The first kappa shape index (κ1) is 16.4. The van der Waals surface area contributed by atoms with Crippen molar-refractivity contribution < 1.29 is 13.9 Å². The summed E-state index contributed by atoms with van der Waals surface area (Å²) < 4.78 is 26.7. The Labute approximate surface area is 141 Å². The molecule has 2 aromatic heterocycles. The molecule has 1 N–H and O–H groups in total. The molecule has 5 nitrogen and oxygen atoms in total. The second kappa shape index (κ2) is 6.94. The van der Waals surface area contributed by atoms with Crippen molar-refractivity contribution in [2.75, 3.05) is 0 Å². The molecule has 0 atom stereocenters. The molecular formula is C16H11ClF2N4O. The molecule has 3 rings (SSSR count). The molecule has 0 radical (unpaired) electrons. The van der Waals surface area contributed by atoms with E-state index in [2.05, 4.69) is 19.9 Å². The van der Waals surface area contributed by atoms with Crippen LogP contribution in [0.3, 0.4) is 0 Å². The fourth-order valence-electron chi connectivity index (χ4n) is 2.14. The molecule has 2 heterocycles. The summed E-state index contributed by atoms with van der Waals surface area (Å²) in [6.45, 7) is -0.367. The summed E-state index contributed by atoms with van der Waals surface area (Å²) >= 11 is 5.76. The average molecular weight is 349 g/mol. The van der Waals surface area contributed by atoms with Gasteiger partial charge in [0.25, 0.3) is 0 Å². The van der Waals surface area contributed by atoms with Crippen LogP contribution in [0.25, 0.3) is 11.3 Å². The smallest absolute Gasteiger partial charge is 0.159 e. The first-order valence-corrected chi connectivity index (χ1v) is 7.32. The second-order valence-electron chi connectivity index (χ2n) is 4.94. The van der Waals surface area contributed by atoms with Crippen LogP contribution in [0, 0.1) is 11.6 Å². The van der Waals surface area contributed by atoms with Crippen molar-refractivity contribution in [1.82, 2.24) is 19.9 Å². The molecule has 0 fully saturated rings. The normalized spacial score (nSPS) is 10.8. The van der Waals surface area contributed by atoms with E-state index in [1.807, 2.05) is 0 Å². The highest BCUT2D eigenvalue weighted by Crippen LogP contribution is 2.24. The Hall–Kier alpha value is -2.51. The van der Waals surface area contributed by atoms with Crippen LogP contribution in [0.5, 0.6) is 0 Å². The summed E-state index contributed by atoms with van der Waals surface area (Å²) in [6.07, 6.45) is 4.71. The maximum atomic E-state index is 13.5. The predicted molar refractivity (Wildman–Crippen MR) is 83.2 cm³/mol. The Morgan fingerprint density at radius 1 is 0.958 bits per heavy atom. The summed E-state index contributed by atoms with van der Waals surface area (Å²) in [7, 11) is 0. The Bertz CT molecular complexity index is 874. The summed E-state index contributed by atoms with van der Waals surface area (Å²) in [5.74, 6) is -1.28. The SMILES string of the molecule is OCc1ncc(Cc2ncc(Cl)cn2)c(-c2ccc(F)c(F)c2)n1. The standard InChI is InChI=1S/C16H11ClF2N4O/c17-11-6-21-14(22-7-11)4-10-5-20-15(8-24)23-16(10)9-1-2-12(18)13(19)3-9/h1-3,5-7,24H,4,8H2. The lowest BCUT2D eigenvalue weighted by atomic mass is 10.0. The molecule has 0 saturated carbocycles. The van der Waals surface area contributed by atoms with Gasteiger partial charge in [-0.2, -0.15) is 0 Å². The molecule has 1 aromatic carbocycles. The van der Waals surface area contributed by atoms with Crippen molar-refractivity contribution >= 4 is 11.6 Å². The third-order valence-electron chi connectivity index (χ3n) is 3.27. The van der Waals surface area contributed by atoms with Gasteiger partial charge in [0, 0.05) is 36.1 Å². The highest BCUT2D eigenvalue weighted by molar-refractivity contribution is 6.30. The van der Waals surface area contributed by atoms with E-state index in [0.29, 0.717) is 27.7 Å². The Kier molecular flexibility index (Phi) is 4.73. The van der Waals surface area contributed by atoms with Crippen LogP contribution >= 0.6 is 11.6 Å². The van der Waals surface area contributed by atoms with Crippen molar-refractivity contribution in [2.45, 2.75) is 13.0 Å². The zero-order valence-electron chi connectivity index (χ0n) is 12.2. The van der Waals surface area contributed by atoms with Gasteiger partial charge in [0.2, 0.25) is 0 Å². The van der Waals surface area contributed by atoms with Crippen LogP contribution in [-0.4, -0.2) is 25.0 Å². The van der Waals surface area contributed by atoms with Crippen LogP contribution in [0.2, 0.25) is 5.02 Å². The van der Waals surface area contributed by atoms with E-state index in [0.717, 1.165) is 12.1 Å². The molecule has 0 aliphatic heterocycles. The van der Waals surface area contributed by atoms with Crippen LogP contribution in [0.15, 0.2) is 36.8 Å². The van der Waals surface area contributed by atoms with Crippen molar-refractivity contribution in [1.29, 1.82) is 0 Å². The highest BCUT2D eigenvalue weighted by Gasteiger charge is 2.13. The van der Waals surface area contributed by atoms with E-state index >= 15 is 0 Å². The van der Waals surface area contributed by atoms with Crippen LogP contribution < -0.4 is 0 Å². The fourth-order valence-corrected chi connectivity index (χ4v) is 2.24. The monoisotopic (exact) mass is 348 g/mol. The first-order chi connectivity index (χ1) is 11.6. The van der Waals surface area contributed by atoms with E-state index in [-0.39, 0.29) is 18.9 Å². The van der Waals surface area contributed by atoms with E-state index in [1.165, 1.54) is 24.7 Å². The second-order valence-corrected chi connectivity index (χ2v) is 5.38. The van der Waals surface area contributed by atoms with E-state index in [9.17, 15) is 13.9 Å². The molecule has 0 amide bonds. The number of aromatic nitrogens is 4. The molecule has 122 valence electrons. The zero-order valence-corrected chi connectivity index (χ0v) is 13.0. The van der Waals surface area contributed by atoms with Gasteiger partial charge in [-0.05, 0) is 18.2 Å². The number of hydrogen-bond acceptors (Lipinski definition) is 5. The van der Waals surface area contributed by atoms with E-state index in [4.69, 9.17) is 11.6 Å². The summed E-state index contributed by atoms with van der Waals surface area (Å²) in [5.41, 5.74) is 1.36.